The lowest BCUT2D eigenvalue weighted by Crippen LogP contribution is -2.49. The molecule has 2 fully saturated rings. The third-order valence-electron chi connectivity index (χ3n) is 3.80. The third-order valence-corrected chi connectivity index (χ3v) is 3.80. The van der Waals surface area contributed by atoms with Gasteiger partial charge in [-0.25, -0.2) is 0 Å². The van der Waals surface area contributed by atoms with Crippen LogP contribution in [0.25, 0.3) is 0 Å². The fourth-order valence-electron chi connectivity index (χ4n) is 2.71. The molecule has 76 valence electrons. The maximum Gasteiger partial charge on any atom is 0.0246 e. The van der Waals surface area contributed by atoms with Crippen LogP contribution in [0, 0.1) is 5.92 Å². The molecule has 1 aliphatic heterocycles. The van der Waals surface area contributed by atoms with Gasteiger partial charge in [0.15, 0.2) is 0 Å². The second-order valence-corrected chi connectivity index (χ2v) is 4.59. The van der Waals surface area contributed by atoms with Crippen molar-refractivity contribution in [1.82, 2.24) is 4.90 Å². The second kappa shape index (κ2) is 4.43. The van der Waals surface area contributed by atoms with Gasteiger partial charge in [-0.05, 0) is 44.7 Å². The summed E-state index contributed by atoms with van der Waals surface area (Å²) in [7, 11) is 0. The highest BCUT2D eigenvalue weighted by molar-refractivity contribution is 4.86. The zero-order valence-corrected chi connectivity index (χ0v) is 8.54. The van der Waals surface area contributed by atoms with E-state index >= 15 is 0 Å². The number of hydrogen-bond acceptors (Lipinski definition) is 2. The van der Waals surface area contributed by atoms with E-state index in [0.29, 0.717) is 6.04 Å². The highest BCUT2D eigenvalue weighted by Gasteiger charge is 2.30. The van der Waals surface area contributed by atoms with Crippen LogP contribution < -0.4 is 5.73 Å². The van der Waals surface area contributed by atoms with Gasteiger partial charge in [-0.2, -0.15) is 0 Å². The summed E-state index contributed by atoms with van der Waals surface area (Å²) in [5.41, 5.74) is 5.87. The summed E-state index contributed by atoms with van der Waals surface area (Å²) in [4.78, 5) is 2.65. The Balaban J connectivity index is 1.86. The zero-order valence-electron chi connectivity index (χ0n) is 8.54. The Morgan fingerprint density at radius 2 is 1.77 bits per heavy atom. The molecule has 2 N–H and O–H groups in total. The molecule has 1 saturated carbocycles. The van der Waals surface area contributed by atoms with Crippen molar-refractivity contribution < 1.29 is 0 Å². The quantitative estimate of drug-likeness (QED) is 0.718. The van der Waals surface area contributed by atoms with Gasteiger partial charge in [0.1, 0.15) is 0 Å². The topological polar surface area (TPSA) is 29.3 Å². The lowest BCUT2D eigenvalue weighted by molar-refractivity contribution is 0.0835. The van der Waals surface area contributed by atoms with Gasteiger partial charge in [0.2, 0.25) is 0 Å². The Kier molecular flexibility index (Phi) is 3.23. The smallest absolute Gasteiger partial charge is 0.0246 e. The van der Waals surface area contributed by atoms with Crippen molar-refractivity contribution in [3.05, 3.63) is 0 Å². The van der Waals surface area contributed by atoms with Crippen molar-refractivity contribution in [1.29, 1.82) is 0 Å². The maximum absolute atomic E-state index is 5.87. The molecule has 13 heavy (non-hydrogen) atoms. The summed E-state index contributed by atoms with van der Waals surface area (Å²) in [6.45, 7) is 3.49. The summed E-state index contributed by atoms with van der Waals surface area (Å²) in [6, 6.07) is 0.717. The molecule has 1 saturated heterocycles. The number of hydrogen-bond donors (Lipinski definition) is 1. The molecule has 1 atom stereocenters. The molecule has 0 spiro atoms. The van der Waals surface area contributed by atoms with Crippen molar-refractivity contribution in [3.8, 4) is 0 Å². The molecular formula is C11H22N2. The number of piperidine rings is 1. The molecule has 1 aliphatic carbocycles. The molecule has 0 radical (unpaired) electrons. The Labute approximate surface area is 81.5 Å². The van der Waals surface area contributed by atoms with Crippen molar-refractivity contribution >= 4 is 0 Å². The highest BCUT2D eigenvalue weighted by Crippen LogP contribution is 2.32. The first-order chi connectivity index (χ1) is 6.42. The van der Waals surface area contributed by atoms with Gasteiger partial charge < -0.3 is 5.73 Å². The minimum atomic E-state index is 0.717. The lowest BCUT2D eigenvalue weighted by atomic mass is 9.78. The standard InChI is InChI=1S/C11H22N2/c12-9-11(10-5-4-6-10)13-7-2-1-3-8-13/h10-11H,1-9,12H2. The zero-order chi connectivity index (χ0) is 9.10. The number of nitrogens with two attached hydrogens (primary N) is 1. The third kappa shape index (κ3) is 2.05. The fraction of sp³-hybridized carbons (Fsp3) is 1.00. The summed E-state index contributed by atoms with van der Waals surface area (Å²) >= 11 is 0. The van der Waals surface area contributed by atoms with Crippen molar-refractivity contribution in [3.63, 3.8) is 0 Å². The van der Waals surface area contributed by atoms with Crippen LogP contribution in [-0.2, 0) is 0 Å². The molecule has 2 rings (SSSR count). The minimum Gasteiger partial charge on any atom is -0.329 e. The summed E-state index contributed by atoms with van der Waals surface area (Å²) in [5.74, 6) is 0.933. The summed E-state index contributed by atoms with van der Waals surface area (Å²) < 4.78 is 0. The van der Waals surface area contributed by atoms with Crippen LogP contribution in [0.4, 0.5) is 0 Å². The van der Waals surface area contributed by atoms with Gasteiger partial charge in [0.25, 0.3) is 0 Å². The van der Waals surface area contributed by atoms with E-state index in [-0.39, 0.29) is 0 Å². The predicted octanol–water partition coefficient (Wildman–Crippen LogP) is 1.60. The number of rotatable bonds is 3. The molecule has 1 unspecified atom stereocenters. The van der Waals surface area contributed by atoms with Crippen LogP contribution in [0.3, 0.4) is 0 Å². The van der Waals surface area contributed by atoms with Crippen LogP contribution in [0.2, 0.25) is 0 Å². The van der Waals surface area contributed by atoms with E-state index in [1.54, 1.807) is 0 Å². The average Bonchev–Trinajstić information content (AvgIpc) is 2.12. The minimum absolute atomic E-state index is 0.717. The largest absolute Gasteiger partial charge is 0.329 e. The molecule has 0 aromatic carbocycles. The maximum atomic E-state index is 5.87. The van der Waals surface area contributed by atoms with E-state index in [0.717, 1.165) is 12.5 Å². The van der Waals surface area contributed by atoms with Crippen LogP contribution >= 0.6 is 0 Å². The number of nitrogens with zero attached hydrogens (tertiary/aromatic N) is 1. The van der Waals surface area contributed by atoms with E-state index in [2.05, 4.69) is 4.90 Å². The van der Waals surface area contributed by atoms with Gasteiger partial charge in [-0.3, -0.25) is 4.90 Å². The molecule has 0 amide bonds. The highest BCUT2D eigenvalue weighted by atomic mass is 15.2. The van der Waals surface area contributed by atoms with Crippen LogP contribution in [0.5, 0.6) is 0 Å². The Hall–Kier alpha value is -0.0800. The van der Waals surface area contributed by atoms with E-state index in [1.165, 1.54) is 51.6 Å². The van der Waals surface area contributed by atoms with Crippen LogP contribution in [0.15, 0.2) is 0 Å². The Morgan fingerprint density at radius 3 is 2.23 bits per heavy atom. The van der Waals surface area contributed by atoms with E-state index in [4.69, 9.17) is 5.73 Å². The van der Waals surface area contributed by atoms with Gasteiger partial charge in [0.05, 0.1) is 0 Å². The predicted molar refractivity (Wildman–Crippen MR) is 55.6 cm³/mol. The van der Waals surface area contributed by atoms with Crippen molar-refractivity contribution in [2.45, 2.75) is 44.6 Å². The Morgan fingerprint density at radius 1 is 1.08 bits per heavy atom. The first-order valence-electron chi connectivity index (χ1n) is 5.86. The van der Waals surface area contributed by atoms with E-state index in [1.807, 2.05) is 0 Å². The normalized spacial score (nSPS) is 28.4. The van der Waals surface area contributed by atoms with E-state index < -0.39 is 0 Å². The average molecular weight is 182 g/mol. The molecule has 0 aromatic rings. The molecule has 0 bridgehead atoms. The molecule has 2 nitrogen and oxygen atoms in total. The molecule has 0 aromatic heterocycles. The van der Waals surface area contributed by atoms with Crippen molar-refractivity contribution in [2.24, 2.45) is 11.7 Å². The second-order valence-electron chi connectivity index (χ2n) is 4.59. The molecular weight excluding hydrogens is 160 g/mol. The molecule has 1 heterocycles. The van der Waals surface area contributed by atoms with E-state index in [9.17, 15) is 0 Å². The van der Waals surface area contributed by atoms with Gasteiger partial charge >= 0.3 is 0 Å². The van der Waals surface area contributed by atoms with Crippen LogP contribution in [-0.4, -0.2) is 30.6 Å². The molecule has 2 aliphatic rings. The van der Waals surface area contributed by atoms with Crippen LogP contribution in [0.1, 0.15) is 38.5 Å². The number of likely N-dealkylation sites (tertiary alicyclic amines) is 1. The fourth-order valence-corrected chi connectivity index (χ4v) is 2.71. The van der Waals surface area contributed by atoms with Gasteiger partial charge in [-0.15, -0.1) is 0 Å². The monoisotopic (exact) mass is 182 g/mol. The molecule has 2 heteroatoms. The summed E-state index contributed by atoms with van der Waals surface area (Å²) in [6.07, 6.45) is 8.51. The lowest BCUT2D eigenvalue weighted by Gasteiger charge is -2.42. The van der Waals surface area contributed by atoms with Crippen molar-refractivity contribution in [2.75, 3.05) is 19.6 Å². The Bertz CT molecular complexity index is 148. The van der Waals surface area contributed by atoms with Gasteiger partial charge in [-0.1, -0.05) is 12.8 Å². The SMILES string of the molecule is NCC(C1CCC1)N1CCCCC1. The first-order valence-corrected chi connectivity index (χ1v) is 5.86. The first kappa shape index (κ1) is 9.47. The summed E-state index contributed by atoms with van der Waals surface area (Å²) in [5, 5.41) is 0. The van der Waals surface area contributed by atoms with Gasteiger partial charge in [0, 0.05) is 12.6 Å².